The van der Waals surface area contributed by atoms with E-state index in [0.717, 1.165) is 33.4 Å². The Kier molecular flexibility index (Phi) is 3.38. The van der Waals surface area contributed by atoms with Gasteiger partial charge in [-0.1, -0.05) is 24.3 Å². The molecule has 0 aliphatic heterocycles. The molecule has 0 spiro atoms. The Morgan fingerprint density at radius 2 is 0.750 bits per heavy atom. The van der Waals surface area contributed by atoms with Gasteiger partial charge in [-0.3, -0.25) is 0 Å². The minimum Gasteiger partial charge on any atom is -0.306 e. The summed E-state index contributed by atoms with van der Waals surface area (Å²) in [4.78, 5) is 0. The van der Waals surface area contributed by atoms with Crippen LogP contribution < -0.4 is 22.9 Å². The molecule has 0 radical (unpaired) electrons. The lowest BCUT2D eigenvalue weighted by molar-refractivity contribution is 0.598. The zero-order chi connectivity index (χ0) is 15.3. The van der Waals surface area contributed by atoms with Gasteiger partial charge in [0.05, 0.1) is 0 Å². The third-order valence-electron chi connectivity index (χ3n) is 4.43. The van der Waals surface area contributed by atoms with Gasteiger partial charge in [0.2, 0.25) is 0 Å². The Balaban J connectivity index is 2.58. The van der Waals surface area contributed by atoms with Crippen molar-refractivity contribution in [1.29, 1.82) is 0 Å². The maximum atomic E-state index is 6.10. The van der Waals surface area contributed by atoms with Gasteiger partial charge in [0.15, 0.2) is 0 Å². The summed E-state index contributed by atoms with van der Waals surface area (Å²) >= 11 is 0. The molecule has 0 amide bonds. The van der Waals surface area contributed by atoms with E-state index in [9.17, 15) is 0 Å². The molecule has 0 fully saturated rings. The van der Waals surface area contributed by atoms with E-state index in [1.807, 2.05) is 52.0 Å². The maximum absolute atomic E-state index is 6.10. The predicted molar refractivity (Wildman–Crippen MR) is 84.3 cm³/mol. The van der Waals surface area contributed by atoms with Crippen LogP contribution in [-0.2, 0) is 0 Å². The summed E-state index contributed by atoms with van der Waals surface area (Å²) in [5.74, 6) is 0. The summed E-state index contributed by atoms with van der Waals surface area (Å²) in [5, 5.41) is 0. The van der Waals surface area contributed by atoms with E-state index in [4.69, 9.17) is 22.9 Å². The molecular weight excluding hydrogens is 248 g/mol. The molecule has 2 aliphatic rings. The van der Waals surface area contributed by atoms with Gasteiger partial charge >= 0.3 is 0 Å². The predicted octanol–water partition coefficient (Wildman–Crippen LogP) is 1.32. The second kappa shape index (κ2) is 4.53. The molecule has 2 aliphatic carbocycles. The van der Waals surface area contributed by atoms with Crippen molar-refractivity contribution in [3.63, 3.8) is 0 Å². The number of hydrogen-bond acceptors (Lipinski definition) is 4. The lowest BCUT2D eigenvalue weighted by Gasteiger charge is -2.33. The normalized spacial score (nSPS) is 24.8. The first kappa shape index (κ1) is 14.9. The molecule has 0 aromatic heterocycles. The molecule has 0 heterocycles. The van der Waals surface area contributed by atoms with Gasteiger partial charge in [0, 0.05) is 0 Å². The van der Waals surface area contributed by atoms with Crippen LogP contribution in [-0.4, -0.2) is 11.3 Å². The van der Waals surface area contributed by atoms with Crippen LogP contribution in [0.25, 0.3) is 0 Å². The summed E-state index contributed by atoms with van der Waals surface area (Å²) in [6.45, 7) is 7.79. The second-order valence-electron chi connectivity index (χ2n) is 5.96. The van der Waals surface area contributed by atoms with Crippen LogP contribution in [0, 0.1) is 0 Å². The number of rotatable bonds is 0. The zero-order valence-electron chi connectivity index (χ0n) is 12.6. The molecule has 4 heteroatoms. The van der Waals surface area contributed by atoms with Gasteiger partial charge in [-0.25, -0.2) is 0 Å². The summed E-state index contributed by atoms with van der Waals surface area (Å²) in [7, 11) is 0. The summed E-state index contributed by atoms with van der Waals surface area (Å²) in [6.07, 6.45) is 8.09. The quantitative estimate of drug-likeness (QED) is 0.499. The molecule has 8 N–H and O–H groups in total. The summed E-state index contributed by atoms with van der Waals surface area (Å²) < 4.78 is 0. The first-order valence-corrected chi connectivity index (χ1v) is 6.71. The average Bonchev–Trinajstić information content (AvgIpc) is 2.33. The Bertz CT molecular complexity index is 508. The highest BCUT2D eigenvalue weighted by molar-refractivity contribution is 5.59. The first-order chi connectivity index (χ1) is 9.06. The van der Waals surface area contributed by atoms with Crippen LogP contribution in [0.3, 0.4) is 0 Å². The van der Waals surface area contributed by atoms with Crippen LogP contribution in [0.15, 0.2) is 57.7 Å². The molecule has 108 valence electrons. The fourth-order valence-electron chi connectivity index (χ4n) is 2.45. The van der Waals surface area contributed by atoms with Crippen LogP contribution >= 0.6 is 0 Å². The van der Waals surface area contributed by atoms with E-state index in [2.05, 4.69) is 0 Å². The van der Waals surface area contributed by atoms with E-state index < -0.39 is 11.3 Å². The Labute approximate surface area is 120 Å². The molecule has 0 saturated carbocycles. The topological polar surface area (TPSA) is 104 Å². The van der Waals surface area contributed by atoms with Crippen LogP contribution in [0.5, 0.6) is 0 Å². The molecule has 0 bridgehead atoms. The third-order valence-corrected chi connectivity index (χ3v) is 4.43. The highest BCUT2D eigenvalue weighted by Gasteiger charge is 2.30. The molecule has 20 heavy (non-hydrogen) atoms. The van der Waals surface area contributed by atoms with E-state index >= 15 is 0 Å². The van der Waals surface area contributed by atoms with E-state index in [1.165, 1.54) is 0 Å². The van der Waals surface area contributed by atoms with Crippen molar-refractivity contribution in [2.75, 3.05) is 0 Å². The lowest BCUT2D eigenvalue weighted by atomic mass is 9.81. The van der Waals surface area contributed by atoms with Gasteiger partial charge in [0.1, 0.15) is 11.3 Å². The Morgan fingerprint density at radius 3 is 0.950 bits per heavy atom. The van der Waals surface area contributed by atoms with Crippen molar-refractivity contribution in [3.05, 3.63) is 57.7 Å². The van der Waals surface area contributed by atoms with E-state index in [0.29, 0.717) is 0 Å². The van der Waals surface area contributed by atoms with Gasteiger partial charge in [-0.2, -0.15) is 0 Å². The van der Waals surface area contributed by atoms with Crippen molar-refractivity contribution >= 4 is 0 Å². The van der Waals surface area contributed by atoms with Crippen LogP contribution in [0.2, 0.25) is 0 Å². The molecule has 4 nitrogen and oxygen atoms in total. The Morgan fingerprint density at radius 1 is 0.550 bits per heavy atom. The minimum absolute atomic E-state index is 0.859. The standard InChI is InChI=1S/C16H24N4/c1-9-5-13(6-10(2)15(9,17)18)14-7-11(3)16(19,20)12(4)8-14/h5-8H,17-20H2,1-4H3. The summed E-state index contributed by atoms with van der Waals surface area (Å²) in [6, 6.07) is 0. The molecule has 0 saturated heterocycles. The van der Waals surface area contributed by atoms with Crippen molar-refractivity contribution in [1.82, 2.24) is 0 Å². The highest BCUT2D eigenvalue weighted by Crippen LogP contribution is 2.32. The second-order valence-corrected chi connectivity index (χ2v) is 5.96. The fraction of sp³-hybridized carbons (Fsp3) is 0.375. The fourth-order valence-corrected chi connectivity index (χ4v) is 2.45. The minimum atomic E-state index is -0.859. The highest BCUT2D eigenvalue weighted by atomic mass is 15.0. The average molecular weight is 272 g/mol. The number of nitrogens with two attached hydrogens (primary N) is 4. The zero-order valence-corrected chi connectivity index (χ0v) is 12.6. The molecule has 0 unspecified atom stereocenters. The molecular formula is C16H24N4. The van der Waals surface area contributed by atoms with Crippen molar-refractivity contribution in [2.45, 2.75) is 39.0 Å². The monoisotopic (exact) mass is 272 g/mol. The SMILES string of the molecule is CC1=CC(=C2C=C(C)C(N)(N)C(C)=C2)C=C(C)C1(N)N. The van der Waals surface area contributed by atoms with E-state index in [-0.39, 0.29) is 0 Å². The van der Waals surface area contributed by atoms with Crippen LogP contribution in [0.4, 0.5) is 0 Å². The molecule has 0 aromatic carbocycles. The molecule has 0 atom stereocenters. The Hall–Kier alpha value is -1.46. The van der Waals surface area contributed by atoms with E-state index in [1.54, 1.807) is 0 Å². The third kappa shape index (κ3) is 2.21. The van der Waals surface area contributed by atoms with Gasteiger partial charge in [-0.05, 0) is 61.1 Å². The molecule has 0 aromatic rings. The smallest absolute Gasteiger partial charge is 0.108 e. The van der Waals surface area contributed by atoms with Crippen molar-refractivity contribution in [3.8, 4) is 0 Å². The van der Waals surface area contributed by atoms with Crippen molar-refractivity contribution < 1.29 is 0 Å². The lowest BCUT2D eigenvalue weighted by Crippen LogP contribution is -2.53. The van der Waals surface area contributed by atoms with Gasteiger partial charge in [0.25, 0.3) is 0 Å². The summed E-state index contributed by atoms with van der Waals surface area (Å²) in [5.41, 5.74) is 28.6. The number of allylic oxidation sites excluding steroid dienone is 6. The maximum Gasteiger partial charge on any atom is 0.108 e. The largest absolute Gasteiger partial charge is 0.306 e. The number of hydrogen-bond donors (Lipinski definition) is 4. The van der Waals surface area contributed by atoms with Gasteiger partial charge in [-0.15, -0.1) is 0 Å². The van der Waals surface area contributed by atoms with Gasteiger partial charge < -0.3 is 22.9 Å². The van der Waals surface area contributed by atoms with Crippen molar-refractivity contribution in [2.24, 2.45) is 22.9 Å². The first-order valence-electron chi connectivity index (χ1n) is 6.71. The van der Waals surface area contributed by atoms with Crippen LogP contribution in [0.1, 0.15) is 27.7 Å². The molecule has 2 rings (SSSR count).